The number of terminal acetylenes is 1. The van der Waals surface area contributed by atoms with Crippen LogP contribution in [0.3, 0.4) is 0 Å². The van der Waals surface area contributed by atoms with Gasteiger partial charge in [-0.1, -0.05) is 12.8 Å². The van der Waals surface area contributed by atoms with E-state index in [1.807, 2.05) is 29.5 Å². The van der Waals surface area contributed by atoms with Gasteiger partial charge in [0.2, 0.25) is 0 Å². The molecular weight excluding hydrogens is 329 g/mol. The predicted octanol–water partition coefficient (Wildman–Crippen LogP) is 2.48. The molecule has 0 bridgehead atoms. The highest BCUT2D eigenvalue weighted by Gasteiger charge is 2.15. The molecule has 1 aromatic carbocycles. The van der Waals surface area contributed by atoms with Gasteiger partial charge in [0.05, 0.1) is 10.1 Å². The average Bonchev–Trinajstić information content (AvgIpc) is 2.31. The molecule has 1 rings (SSSR count). The van der Waals surface area contributed by atoms with Gasteiger partial charge in [0, 0.05) is 12.1 Å². The lowest BCUT2D eigenvalue weighted by Crippen LogP contribution is -2.32. The zero-order chi connectivity index (χ0) is 12.8. The summed E-state index contributed by atoms with van der Waals surface area (Å²) < 4.78 is 0.721. The van der Waals surface area contributed by atoms with Gasteiger partial charge in [-0.2, -0.15) is 0 Å². The second-order valence-electron chi connectivity index (χ2n) is 3.60. The van der Waals surface area contributed by atoms with Crippen molar-refractivity contribution in [1.82, 2.24) is 4.90 Å². The maximum absolute atomic E-state index is 12.1. The number of benzene rings is 1. The van der Waals surface area contributed by atoms with E-state index in [1.165, 1.54) is 6.07 Å². The molecular formula is C13H14INO2. The monoisotopic (exact) mass is 343 g/mol. The largest absolute Gasteiger partial charge is 0.507 e. The van der Waals surface area contributed by atoms with Crippen LogP contribution in [0.1, 0.15) is 23.7 Å². The Morgan fingerprint density at radius 3 is 2.82 bits per heavy atom. The highest BCUT2D eigenvalue weighted by atomic mass is 127. The minimum Gasteiger partial charge on any atom is -0.507 e. The zero-order valence-corrected chi connectivity index (χ0v) is 11.8. The number of amides is 1. The van der Waals surface area contributed by atoms with Gasteiger partial charge in [0.25, 0.3) is 5.91 Å². The number of aromatic hydroxyl groups is 1. The Balaban J connectivity index is 2.93. The molecule has 0 aromatic heterocycles. The Hall–Kier alpha value is -1.22. The number of phenolic OH excluding ortho intramolecular Hbond substituents is 1. The fourth-order valence-corrected chi connectivity index (χ4v) is 1.80. The van der Waals surface area contributed by atoms with Gasteiger partial charge in [-0.15, -0.1) is 6.42 Å². The molecule has 0 unspecified atom stereocenters. The van der Waals surface area contributed by atoms with E-state index in [9.17, 15) is 9.90 Å². The van der Waals surface area contributed by atoms with Crippen molar-refractivity contribution in [2.75, 3.05) is 13.1 Å². The van der Waals surface area contributed by atoms with Crippen molar-refractivity contribution < 1.29 is 9.90 Å². The topological polar surface area (TPSA) is 40.5 Å². The van der Waals surface area contributed by atoms with Crippen molar-refractivity contribution in [2.24, 2.45) is 0 Å². The fourth-order valence-electron chi connectivity index (χ4n) is 1.46. The Kier molecular flexibility index (Phi) is 5.29. The molecule has 90 valence electrons. The summed E-state index contributed by atoms with van der Waals surface area (Å²) in [5.74, 6) is 2.45. The lowest BCUT2D eigenvalue weighted by Gasteiger charge is -2.19. The van der Waals surface area contributed by atoms with Gasteiger partial charge >= 0.3 is 0 Å². The highest BCUT2D eigenvalue weighted by Crippen LogP contribution is 2.21. The first-order valence-corrected chi connectivity index (χ1v) is 6.39. The minimum atomic E-state index is -0.142. The molecule has 0 saturated carbocycles. The normalized spacial score (nSPS) is 9.71. The van der Waals surface area contributed by atoms with Crippen LogP contribution in [0.2, 0.25) is 0 Å². The van der Waals surface area contributed by atoms with E-state index < -0.39 is 0 Å². The van der Waals surface area contributed by atoms with Gasteiger partial charge < -0.3 is 10.0 Å². The van der Waals surface area contributed by atoms with E-state index in [-0.39, 0.29) is 11.7 Å². The summed E-state index contributed by atoms with van der Waals surface area (Å²) in [5.41, 5.74) is 0.464. The van der Waals surface area contributed by atoms with Gasteiger partial charge in [-0.05, 0) is 47.2 Å². The quantitative estimate of drug-likeness (QED) is 0.674. The summed E-state index contributed by atoms with van der Waals surface area (Å²) in [6, 6.07) is 4.88. The Labute approximate surface area is 115 Å². The molecule has 0 aliphatic rings. The molecule has 1 N–H and O–H groups in total. The first kappa shape index (κ1) is 13.8. The molecule has 3 nitrogen and oxygen atoms in total. The van der Waals surface area contributed by atoms with Crippen LogP contribution >= 0.6 is 22.6 Å². The first-order chi connectivity index (χ1) is 8.10. The van der Waals surface area contributed by atoms with Crippen molar-refractivity contribution in [1.29, 1.82) is 0 Å². The minimum absolute atomic E-state index is 0.119. The first-order valence-electron chi connectivity index (χ1n) is 5.31. The molecule has 0 aliphatic carbocycles. The average molecular weight is 343 g/mol. The molecule has 0 saturated heterocycles. The van der Waals surface area contributed by atoms with Crippen molar-refractivity contribution in [2.45, 2.75) is 13.3 Å². The smallest absolute Gasteiger partial charge is 0.254 e. The lowest BCUT2D eigenvalue weighted by molar-refractivity contribution is 0.0776. The maximum atomic E-state index is 12.1. The number of carbonyl (C=O) groups excluding carboxylic acids is 1. The second kappa shape index (κ2) is 6.50. The molecule has 0 spiro atoms. The van der Waals surface area contributed by atoms with Crippen LogP contribution in [0.4, 0.5) is 0 Å². The van der Waals surface area contributed by atoms with Crippen molar-refractivity contribution >= 4 is 28.5 Å². The van der Waals surface area contributed by atoms with E-state index >= 15 is 0 Å². The zero-order valence-electron chi connectivity index (χ0n) is 9.61. The van der Waals surface area contributed by atoms with E-state index in [2.05, 4.69) is 5.92 Å². The third-order valence-electron chi connectivity index (χ3n) is 2.26. The summed E-state index contributed by atoms with van der Waals surface area (Å²) in [7, 11) is 0. The number of rotatable bonds is 4. The summed E-state index contributed by atoms with van der Waals surface area (Å²) in [6.45, 7) is 2.90. The lowest BCUT2D eigenvalue weighted by atomic mass is 10.2. The number of hydrogen-bond acceptors (Lipinski definition) is 2. The molecule has 0 heterocycles. The van der Waals surface area contributed by atoms with Crippen LogP contribution in [-0.2, 0) is 0 Å². The van der Waals surface area contributed by atoms with Crippen molar-refractivity contribution in [3.63, 3.8) is 0 Å². The molecule has 1 aromatic rings. The summed E-state index contributed by atoms with van der Waals surface area (Å²) >= 11 is 2.01. The Bertz CT molecular complexity index is 451. The third kappa shape index (κ3) is 3.63. The van der Waals surface area contributed by atoms with E-state index in [1.54, 1.807) is 17.0 Å². The molecule has 0 radical (unpaired) electrons. The number of halogens is 1. The summed E-state index contributed by atoms with van der Waals surface area (Å²) in [5, 5.41) is 9.57. The van der Waals surface area contributed by atoms with Gasteiger partial charge in [0.1, 0.15) is 5.75 Å². The number of hydrogen-bond donors (Lipinski definition) is 1. The van der Waals surface area contributed by atoms with Crippen LogP contribution in [0.5, 0.6) is 5.75 Å². The number of phenols is 1. The van der Waals surface area contributed by atoms with Crippen LogP contribution in [-0.4, -0.2) is 29.0 Å². The number of nitrogens with zero attached hydrogens (tertiary/aromatic N) is 1. The molecule has 0 fully saturated rings. The maximum Gasteiger partial charge on any atom is 0.254 e. The van der Waals surface area contributed by atoms with Gasteiger partial charge in [-0.25, -0.2) is 0 Å². The summed E-state index contributed by atoms with van der Waals surface area (Å²) in [6.07, 6.45) is 6.09. The Morgan fingerprint density at radius 2 is 2.29 bits per heavy atom. The fraction of sp³-hybridized carbons (Fsp3) is 0.308. The number of carbonyl (C=O) groups is 1. The SMILES string of the molecule is C#CCN(CCC)C(=O)c1ccc(I)c(O)c1. The van der Waals surface area contributed by atoms with E-state index in [0.29, 0.717) is 18.7 Å². The van der Waals surface area contributed by atoms with Gasteiger partial charge in [0.15, 0.2) is 0 Å². The van der Waals surface area contributed by atoms with Crippen LogP contribution in [0, 0.1) is 15.9 Å². The van der Waals surface area contributed by atoms with Gasteiger partial charge in [-0.3, -0.25) is 4.79 Å². The molecule has 17 heavy (non-hydrogen) atoms. The van der Waals surface area contributed by atoms with Crippen molar-refractivity contribution in [3.05, 3.63) is 27.3 Å². The molecule has 4 heteroatoms. The van der Waals surface area contributed by atoms with Crippen LogP contribution in [0.15, 0.2) is 18.2 Å². The predicted molar refractivity (Wildman–Crippen MR) is 75.9 cm³/mol. The third-order valence-corrected chi connectivity index (χ3v) is 3.17. The highest BCUT2D eigenvalue weighted by molar-refractivity contribution is 14.1. The Morgan fingerprint density at radius 1 is 1.59 bits per heavy atom. The van der Waals surface area contributed by atoms with Crippen LogP contribution in [0.25, 0.3) is 0 Å². The van der Waals surface area contributed by atoms with E-state index in [0.717, 1.165) is 9.99 Å². The molecule has 0 aliphatic heterocycles. The summed E-state index contributed by atoms with van der Waals surface area (Å²) in [4.78, 5) is 13.7. The molecule has 1 amide bonds. The van der Waals surface area contributed by atoms with E-state index in [4.69, 9.17) is 6.42 Å². The standard InChI is InChI=1S/C13H14INO2/c1-3-7-15(8-4-2)13(17)10-5-6-11(14)12(16)9-10/h1,5-6,9,16H,4,7-8H2,2H3. The second-order valence-corrected chi connectivity index (χ2v) is 4.76. The van der Waals surface area contributed by atoms with Crippen molar-refractivity contribution in [3.8, 4) is 18.1 Å². The van der Waals surface area contributed by atoms with Crippen LogP contribution < -0.4 is 0 Å². The molecule has 0 atom stereocenters.